The van der Waals surface area contributed by atoms with E-state index < -0.39 is 11.7 Å². The van der Waals surface area contributed by atoms with Gasteiger partial charge in [-0.25, -0.2) is 4.98 Å². The third kappa shape index (κ3) is 3.43. The summed E-state index contributed by atoms with van der Waals surface area (Å²) >= 11 is 1.39. The van der Waals surface area contributed by atoms with Crippen LogP contribution in [0.1, 0.15) is 16.7 Å². The molecule has 1 N–H and O–H groups in total. The van der Waals surface area contributed by atoms with Crippen LogP contribution in [0.2, 0.25) is 0 Å². The first-order chi connectivity index (χ1) is 11.3. The summed E-state index contributed by atoms with van der Waals surface area (Å²) in [6, 6.07) is 9.37. The summed E-state index contributed by atoms with van der Waals surface area (Å²) in [5.74, 6) is 0. The van der Waals surface area contributed by atoms with Crippen molar-refractivity contribution in [3.8, 4) is 11.1 Å². The van der Waals surface area contributed by atoms with E-state index in [0.717, 1.165) is 22.8 Å². The van der Waals surface area contributed by atoms with Crippen molar-refractivity contribution < 1.29 is 13.2 Å². The van der Waals surface area contributed by atoms with Gasteiger partial charge in [-0.15, -0.1) is 11.3 Å². The van der Waals surface area contributed by atoms with Gasteiger partial charge in [0.25, 0.3) is 0 Å². The molecule has 0 saturated carbocycles. The summed E-state index contributed by atoms with van der Waals surface area (Å²) in [6.45, 7) is 3.92. The summed E-state index contributed by atoms with van der Waals surface area (Å²) in [4.78, 5) is 4.13. The summed E-state index contributed by atoms with van der Waals surface area (Å²) in [5.41, 5.74) is 3.30. The summed E-state index contributed by atoms with van der Waals surface area (Å²) in [7, 11) is 0. The Balaban J connectivity index is 2.12. The molecular weight excluding hydrogens is 333 g/mol. The van der Waals surface area contributed by atoms with E-state index in [4.69, 9.17) is 0 Å². The number of halogens is 3. The fourth-order valence-corrected chi connectivity index (χ4v) is 2.92. The van der Waals surface area contributed by atoms with Crippen molar-refractivity contribution >= 4 is 22.2 Å². The Kier molecular flexibility index (Phi) is 4.32. The Morgan fingerprint density at radius 2 is 1.79 bits per heavy atom. The largest absolute Gasteiger partial charge is 0.416 e. The molecule has 24 heavy (non-hydrogen) atoms. The molecule has 0 amide bonds. The van der Waals surface area contributed by atoms with Crippen LogP contribution in [0.4, 0.5) is 24.0 Å². The maximum atomic E-state index is 13.1. The quantitative estimate of drug-likeness (QED) is 0.610. The molecule has 0 aliphatic heterocycles. The molecule has 0 fully saturated rings. The van der Waals surface area contributed by atoms with Crippen molar-refractivity contribution in [2.24, 2.45) is 0 Å². The Morgan fingerprint density at radius 1 is 1.00 bits per heavy atom. The van der Waals surface area contributed by atoms with Gasteiger partial charge in [-0.1, -0.05) is 18.2 Å². The number of hydrogen-bond donors (Lipinski definition) is 1. The van der Waals surface area contributed by atoms with Gasteiger partial charge in [0.15, 0.2) is 5.13 Å². The van der Waals surface area contributed by atoms with Gasteiger partial charge in [0.2, 0.25) is 0 Å². The number of rotatable bonds is 3. The van der Waals surface area contributed by atoms with Crippen LogP contribution >= 0.6 is 11.3 Å². The van der Waals surface area contributed by atoms with Gasteiger partial charge in [0.1, 0.15) is 0 Å². The molecular formula is C18H15F3N2S. The van der Waals surface area contributed by atoms with Gasteiger partial charge in [-0.05, 0) is 48.7 Å². The lowest BCUT2D eigenvalue weighted by Crippen LogP contribution is -2.06. The van der Waals surface area contributed by atoms with Crippen LogP contribution in [0.3, 0.4) is 0 Å². The van der Waals surface area contributed by atoms with E-state index in [2.05, 4.69) is 10.3 Å². The number of hydrogen-bond acceptors (Lipinski definition) is 3. The first-order valence-electron chi connectivity index (χ1n) is 7.30. The maximum absolute atomic E-state index is 13.1. The number of nitrogens with one attached hydrogen (secondary N) is 1. The molecule has 0 bridgehead atoms. The molecule has 0 unspecified atom stereocenters. The fourth-order valence-electron chi connectivity index (χ4n) is 2.38. The van der Waals surface area contributed by atoms with Crippen molar-refractivity contribution in [1.29, 1.82) is 0 Å². The minimum absolute atomic E-state index is 0.503. The second-order valence-electron chi connectivity index (χ2n) is 5.52. The standard InChI is InChI=1S/C18H15F3N2S/c1-11-3-4-13(9-12(11)2)15-10-14(18(19,20)21)5-6-16(15)23-17-22-7-8-24-17/h3-10H,1-2H3,(H,22,23). The highest BCUT2D eigenvalue weighted by Crippen LogP contribution is 2.37. The summed E-state index contributed by atoms with van der Waals surface area (Å²) < 4.78 is 39.3. The Labute approximate surface area is 142 Å². The highest BCUT2D eigenvalue weighted by molar-refractivity contribution is 7.13. The van der Waals surface area contributed by atoms with Gasteiger partial charge in [-0.2, -0.15) is 13.2 Å². The highest BCUT2D eigenvalue weighted by Gasteiger charge is 2.31. The van der Waals surface area contributed by atoms with Crippen molar-refractivity contribution in [2.75, 3.05) is 5.32 Å². The van der Waals surface area contributed by atoms with Gasteiger partial charge in [0.05, 0.1) is 5.56 Å². The lowest BCUT2D eigenvalue weighted by atomic mass is 9.97. The zero-order valence-electron chi connectivity index (χ0n) is 13.1. The molecule has 0 atom stereocenters. The molecule has 6 heteroatoms. The van der Waals surface area contributed by atoms with E-state index in [1.807, 2.05) is 37.4 Å². The molecule has 3 aromatic rings. The van der Waals surface area contributed by atoms with E-state index in [1.54, 1.807) is 6.20 Å². The first-order valence-corrected chi connectivity index (χ1v) is 8.18. The number of benzene rings is 2. The van der Waals surface area contributed by atoms with Crippen LogP contribution < -0.4 is 5.32 Å². The highest BCUT2D eigenvalue weighted by atomic mass is 32.1. The number of aryl methyl sites for hydroxylation is 2. The summed E-state index contributed by atoms with van der Waals surface area (Å²) in [5, 5.41) is 5.55. The summed E-state index contributed by atoms with van der Waals surface area (Å²) in [6.07, 6.45) is -2.74. The lowest BCUT2D eigenvalue weighted by molar-refractivity contribution is -0.137. The molecule has 0 aliphatic rings. The number of aromatic nitrogens is 1. The second-order valence-corrected chi connectivity index (χ2v) is 6.41. The predicted octanol–water partition coefficient (Wildman–Crippen LogP) is 6.19. The molecule has 1 aromatic heterocycles. The molecule has 2 nitrogen and oxygen atoms in total. The topological polar surface area (TPSA) is 24.9 Å². The molecule has 0 saturated heterocycles. The van der Waals surface area contributed by atoms with E-state index in [9.17, 15) is 13.2 Å². The predicted molar refractivity (Wildman–Crippen MR) is 91.8 cm³/mol. The lowest BCUT2D eigenvalue weighted by Gasteiger charge is -2.15. The van der Waals surface area contributed by atoms with Gasteiger partial charge >= 0.3 is 6.18 Å². The van der Waals surface area contributed by atoms with Crippen molar-refractivity contribution in [3.63, 3.8) is 0 Å². The normalized spacial score (nSPS) is 11.5. The van der Waals surface area contributed by atoms with Crippen LogP contribution in [0, 0.1) is 13.8 Å². The molecule has 2 aromatic carbocycles. The SMILES string of the molecule is Cc1ccc(-c2cc(C(F)(F)F)ccc2Nc2nccs2)cc1C. The smallest absolute Gasteiger partial charge is 0.331 e. The molecule has 0 spiro atoms. The second kappa shape index (κ2) is 6.28. The Hall–Kier alpha value is -2.34. The minimum Gasteiger partial charge on any atom is -0.331 e. The van der Waals surface area contributed by atoms with Crippen LogP contribution in [-0.2, 0) is 6.18 Å². The third-order valence-corrected chi connectivity index (χ3v) is 4.53. The van der Waals surface area contributed by atoms with E-state index in [0.29, 0.717) is 16.4 Å². The van der Waals surface area contributed by atoms with Crippen LogP contribution in [0.5, 0.6) is 0 Å². The molecule has 0 aliphatic carbocycles. The van der Waals surface area contributed by atoms with E-state index >= 15 is 0 Å². The molecule has 3 rings (SSSR count). The average Bonchev–Trinajstić information content (AvgIpc) is 3.02. The van der Waals surface area contributed by atoms with Gasteiger partial charge in [0, 0.05) is 22.8 Å². The van der Waals surface area contributed by atoms with Crippen molar-refractivity contribution in [3.05, 3.63) is 64.7 Å². The van der Waals surface area contributed by atoms with E-state index in [1.165, 1.54) is 23.5 Å². The number of alkyl halides is 3. The van der Waals surface area contributed by atoms with Crippen LogP contribution in [0.25, 0.3) is 11.1 Å². The fraction of sp³-hybridized carbons (Fsp3) is 0.167. The maximum Gasteiger partial charge on any atom is 0.416 e. The van der Waals surface area contributed by atoms with E-state index in [-0.39, 0.29) is 0 Å². The van der Waals surface area contributed by atoms with Crippen molar-refractivity contribution in [2.45, 2.75) is 20.0 Å². The monoisotopic (exact) mass is 348 g/mol. The number of nitrogens with zero attached hydrogens (tertiary/aromatic N) is 1. The average molecular weight is 348 g/mol. The van der Waals surface area contributed by atoms with Crippen LogP contribution in [-0.4, -0.2) is 4.98 Å². The van der Waals surface area contributed by atoms with Crippen LogP contribution in [0.15, 0.2) is 48.0 Å². The third-order valence-electron chi connectivity index (χ3n) is 3.84. The molecule has 124 valence electrons. The van der Waals surface area contributed by atoms with Gasteiger partial charge in [-0.3, -0.25) is 0 Å². The molecule has 0 radical (unpaired) electrons. The molecule has 1 heterocycles. The minimum atomic E-state index is -4.38. The first kappa shape index (κ1) is 16.5. The van der Waals surface area contributed by atoms with Gasteiger partial charge < -0.3 is 5.32 Å². The Morgan fingerprint density at radius 3 is 2.42 bits per heavy atom. The zero-order valence-corrected chi connectivity index (χ0v) is 13.9. The number of thiazole rings is 1. The number of anilines is 2. The van der Waals surface area contributed by atoms with Crippen molar-refractivity contribution in [1.82, 2.24) is 4.98 Å². The Bertz CT molecular complexity index is 855. The zero-order chi connectivity index (χ0) is 17.3.